The van der Waals surface area contributed by atoms with E-state index < -0.39 is 0 Å². The van der Waals surface area contributed by atoms with E-state index in [2.05, 4.69) is 45.0 Å². The first-order valence-corrected chi connectivity index (χ1v) is 8.91. The van der Waals surface area contributed by atoms with Gasteiger partial charge < -0.3 is 24.6 Å². The van der Waals surface area contributed by atoms with Crippen LogP contribution in [0.2, 0.25) is 0 Å². The number of likely N-dealkylation sites (N-methyl/N-ethyl adjacent to an activating group) is 2. The van der Waals surface area contributed by atoms with E-state index in [-0.39, 0.29) is 11.9 Å². The molecule has 1 aromatic rings. The molecule has 1 saturated heterocycles. The third kappa shape index (κ3) is 4.40. The first kappa shape index (κ1) is 19.0. The molecule has 1 amide bonds. The molecule has 1 aliphatic rings. The van der Waals surface area contributed by atoms with Crippen LogP contribution >= 0.6 is 15.9 Å². The lowest BCUT2D eigenvalue weighted by Gasteiger charge is -2.24. The fraction of sp³-hybridized carbons (Fsp3) is 0.588. The van der Waals surface area contributed by atoms with Crippen LogP contribution in [0, 0.1) is 0 Å². The van der Waals surface area contributed by atoms with E-state index in [0.29, 0.717) is 17.1 Å². The Morgan fingerprint density at radius 2 is 2.04 bits per heavy atom. The highest BCUT2D eigenvalue weighted by Crippen LogP contribution is 2.35. The molecule has 7 heteroatoms. The molecule has 1 heterocycles. The molecule has 6 nitrogen and oxygen atoms in total. The predicted molar refractivity (Wildman–Crippen MR) is 98.1 cm³/mol. The van der Waals surface area contributed by atoms with E-state index in [9.17, 15) is 4.79 Å². The molecule has 0 aliphatic carbocycles. The SMILES string of the molecule is CCN1CCN(C)CC(NC(=O)c2c(OC)ccc(Br)c2OC)C1. The molecular formula is C17H26BrN3O3. The lowest BCUT2D eigenvalue weighted by atomic mass is 10.1. The Morgan fingerprint density at radius 1 is 1.29 bits per heavy atom. The smallest absolute Gasteiger partial charge is 0.259 e. The molecule has 0 bridgehead atoms. The van der Waals surface area contributed by atoms with Crippen molar-refractivity contribution in [2.45, 2.75) is 13.0 Å². The van der Waals surface area contributed by atoms with Gasteiger partial charge in [-0.15, -0.1) is 0 Å². The minimum Gasteiger partial charge on any atom is -0.496 e. The lowest BCUT2D eigenvalue weighted by molar-refractivity contribution is 0.0918. The highest BCUT2D eigenvalue weighted by molar-refractivity contribution is 9.10. The zero-order valence-electron chi connectivity index (χ0n) is 14.8. The van der Waals surface area contributed by atoms with Gasteiger partial charge in [0.25, 0.3) is 5.91 Å². The van der Waals surface area contributed by atoms with E-state index in [4.69, 9.17) is 9.47 Å². The Kier molecular flexibility index (Phi) is 6.89. The van der Waals surface area contributed by atoms with Crippen molar-refractivity contribution in [3.8, 4) is 11.5 Å². The first-order valence-electron chi connectivity index (χ1n) is 8.12. The second-order valence-electron chi connectivity index (χ2n) is 5.98. The van der Waals surface area contributed by atoms with Gasteiger partial charge in [0.2, 0.25) is 0 Å². The summed E-state index contributed by atoms with van der Waals surface area (Å²) in [5, 5.41) is 3.14. The number of benzene rings is 1. The van der Waals surface area contributed by atoms with Gasteiger partial charge in [-0.25, -0.2) is 0 Å². The van der Waals surface area contributed by atoms with Crippen molar-refractivity contribution in [2.24, 2.45) is 0 Å². The molecular weight excluding hydrogens is 374 g/mol. The molecule has 0 radical (unpaired) electrons. The minimum absolute atomic E-state index is 0.0540. The van der Waals surface area contributed by atoms with Gasteiger partial charge >= 0.3 is 0 Å². The summed E-state index contributed by atoms with van der Waals surface area (Å²) in [5.41, 5.74) is 0.421. The summed E-state index contributed by atoms with van der Waals surface area (Å²) in [6, 6.07) is 3.63. The number of hydrogen-bond donors (Lipinski definition) is 1. The van der Waals surface area contributed by atoms with Gasteiger partial charge in [-0.2, -0.15) is 0 Å². The lowest BCUT2D eigenvalue weighted by Crippen LogP contribution is -2.46. The van der Waals surface area contributed by atoms with Crippen molar-refractivity contribution in [1.82, 2.24) is 15.1 Å². The second kappa shape index (κ2) is 8.69. The average Bonchev–Trinajstić information content (AvgIpc) is 2.75. The molecule has 24 heavy (non-hydrogen) atoms. The van der Waals surface area contributed by atoms with Gasteiger partial charge in [0.1, 0.15) is 17.1 Å². The van der Waals surface area contributed by atoms with E-state index in [1.165, 1.54) is 0 Å². The third-order valence-corrected chi connectivity index (χ3v) is 4.94. The van der Waals surface area contributed by atoms with Gasteiger partial charge in [0, 0.05) is 26.2 Å². The number of methoxy groups -OCH3 is 2. The molecule has 1 fully saturated rings. The van der Waals surface area contributed by atoms with Crippen molar-refractivity contribution in [3.05, 3.63) is 22.2 Å². The number of nitrogens with zero attached hydrogens (tertiary/aromatic N) is 2. The molecule has 0 spiro atoms. The number of ether oxygens (including phenoxy) is 2. The summed E-state index contributed by atoms with van der Waals surface area (Å²) >= 11 is 3.43. The molecule has 1 unspecified atom stereocenters. The largest absolute Gasteiger partial charge is 0.496 e. The fourth-order valence-electron chi connectivity index (χ4n) is 3.00. The van der Waals surface area contributed by atoms with Crippen LogP contribution in [-0.2, 0) is 0 Å². The summed E-state index contributed by atoms with van der Waals surface area (Å²) in [5.74, 6) is 0.810. The summed E-state index contributed by atoms with van der Waals surface area (Å²) in [7, 11) is 5.19. The predicted octanol–water partition coefficient (Wildman–Crippen LogP) is 1.83. The Bertz CT molecular complexity index is 582. The quantitative estimate of drug-likeness (QED) is 0.818. The van der Waals surface area contributed by atoms with E-state index >= 15 is 0 Å². The number of carbonyl (C=O) groups excluding carboxylic acids is 1. The Hall–Kier alpha value is -1.31. The van der Waals surface area contributed by atoms with E-state index in [0.717, 1.165) is 37.2 Å². The maximum absolute atomic E-state index is 12.9. The van der Waals surface area contributed by atoms with Crippen LogP contribution < -0.4 is 14.8 Å². The van der Waals surface area contributed by atoms with Crippen LogP contribution in [0.5, 0.6) is 11.5 Å². The monoisotopic (exact) mass is 399 g/mol. The van der Waals surface area contributed by atoms with Crippen LogP contribution in [0.4, 0.5) is 0 Å². The highest BCUT2D eigenvalue weighted by atomic mass is 79.9. The van der Waals surface area contributed by atoms with Crippen molar-refractivity contribution in [1.29, 1.82) is 0 Å². The molecule has 1 aliphatic heterocycles. The molecule has 1 atom stereocenters. The van der Waals surface area contributed by atoms with Crippen molar-refractivity contribution in [2.75, 3.05) is 54.0 Å². The zero-order valence-corrected chi connectivity index (χ0v) is 16.4. The normalized spacial score (nSPS) is 19.6. The number of rotatable bonds is 5. The molecule has 134 valence electrons. The molecule has 1 N–H and O–H groups in total. The topological polar surface area (TPSA) is 54.0 Å². The van der Waals surface area contributed by atoms with E-state index in [1.807, 2.05) is 6.07 Å². The van der Waals surface area contributed by atoms with Crippen LogP contribution in [0.1, 0.15) is 17.3 Å². The van der Waals surface area contributed by atoms with Gasteiger partial charge in [-0.05, 0) is 41.7 Å². The average molecular weight is 400 g/mol. The number of hydrogen-bond acceptors (Lipinski definition) is 5. The minimum atomic E-state index is -0.179. The molecule has 0 saturated carbocycles. The van der Waals surface area contributed by atoms with Gasteiger partial charge in [-0.1, -0.05) is 6.92 Å². The zero-order chi connectivity index (χ0) is 17.7. The van der Waals surface area contributed by atoms with Crippen LogP contribution in [0.3, 0.4) is 0 Å². The Balaban J connectivity index is 2.24. The van der Waals surface area contributed by atoms with Gasteiger partial charge in [0.15, 0.2) is 0 Å². The van der Waals surface area contributed by atoms with Crippen LogP contribution in [-0.4, -0.2) is 75.7 Å². The Morgan fingerprint density at radius 3 is 2.67 bits per heavy atom. The number of nitrogens with one attached hydrogen (secondary N) is 1. The van der Waals surface area contributed by atoms with Crippen LogP contribution in [0.25, 0.3) is 0 Å². The second-order valence-corrected chi connectivity index (χ2v) is 6.84. The van der Waals surface area contributed by atoms with Crippen LogP contribution in [0.15, 0.2) is 16.6 Å². The standard InChI is InChI=1S/C17H26BrN3O3/c1-5-21-9-8-20(2)10-12(11-21)19-17(22)15-14(23-3)7-6-13(18)16(15)24-4/h6-7,12H,5,8-11H2,1-4H3,(H,19,22). The van der Waals surface area contributed by atoms with E-state index in [1.54, 1.807) is 20.3 Å². The van der Waals surface area contributed by atoms with Crippen molar-refractivity contribution in [3.63, 3.8) is 0 Å². The number of carbonyl (C=O) groups is 1. The Labute approximate surface area is 152 Å². The maximum atomic E-state index is 12.9. The summed E-state index contributed by atoms with van der Waals surface area (Å²) < 4.78 is 11.5. The van der Waals surface area contributed by atoms with Gasteiger partial charge in [-0.3, -0.25) is 4.79 Å². The number of halogens is 1. The first-order chi connectivity index (χ1) is 11.5. The summed E-state index contributed by atoms with van der Waals surface area (Å²) in [6.45, 7) is 6.80. The molecule has 0 aromatic heterocycles. The van der Waals surface area contributed by atoms with Crippen molar-refractivity contribution < 1.29 is 14.3 Å². The maximum Gasteiger partial charge on any atom is 0.259 e. The highest BCUT2D eigenvalue weighted by Gasteiger charge is 2.26. The number of amides is 1. The summed E-state index contributed by atoms with van der Waals surface area (Å²) in [4.78, 5) is 17.5. The van der Waals surface area contributed by atoms with Crippen molar-refractivity contribution >= 4 is 21.8 Å². The molecule has 1 aromatic carbocycles. The summed E-state index contributed by atoms with van der Waals surface area (Å²) in [6.07, 6.45) is 0. The third-order valence-electron chi connectivity index (χ3n) is 4.31. The van der Waals surface area contributed by atoms with Gasteiger partial charge in [0.05, 0.1) is 24.7 Å². The fourth-order valence-corrected chi connectivity index (χ4v) is 3.49. The molecule has 2 rings (SSSR count).